The van der Waals surface area contributed by atoms with Gasteiger partial charge in [0.25, 0.3) is 0 Å². The van der Waals surface area contributed by atoms with Crippen molar-refractivity contribution in [3.05, 3.63) is 41.1 Å². The Kier molecular flexibility index (Phi) is 4.08. The molecule has 0 unspecified atom stereocenters. The number of aromatic nitrogens is 2. The third-order valence-corrected chi connectivity index (χ3v) is 3.41. The van der Waals surface area contributed by atoms with Gasteiger partial charge in [-0.3, -0.25) is 9.48 Å². The summed E-state index contributed by atoms with van der Waals surface area (Å²) < 4.78 is 1.59. The predicted octanol–water partition coefficient (Wildman–Crippen LogP) is 2.19. The number of rotatable bonds is 4. The second-order valence-electron chi connectivity index (χ2n) is 4.95. The normalized spacial score (nSPS) is 10.6. The molecular formula is C15H20N4O. The van der Waals surface area contributed by atoms with Crippen molar-refractivity contribution in [2.45, 2.75) is 26.7 Å². The molecule has 2 rings (SSSR count). The Labute approximate surface area is 118 Å². The topological polar surface area (TPSA) is 72.9 Å². The van der Waals surface area contributed by atoms with Crippen molar-refractivity contribution in [2.75, 3.05) is 11.1 Å². The highest BCUT2D eigenvalue weighted by molar-refractivity contribution is 5.93. The fraction of sp³-hybridized carbons (Fsp3) is 0.333. The zero-order valence-corrected chi connectivity index (χ0v) is 12.1. The van der Waals surface area contributed by atoms with E-state index in [1.165, 1.54) is 11.1 Å². The molecule has 5 nitrogen and oxygen atoms in total. The monoisotopic (exact) mass is 272 g/mol. The van der Waals surface area contributed by atoms with Gasteiger partial charge < -0.3 is 11.1 Å². The molecule has 0 atom stereocenters. The van der Waals surface area contributed by atoms with E-state index in [9.17, 15) is 4.79 Å². The minimum Gasteiger partial charge on any atom is -0.394 e. The van der Waals surface area contributed by atoms with E-state index >= 15 is 0 Å². The molecule has 5 heteroatoms. The number of anilines is 2. The van der Waals surface area contributed by atoms with Gasteiger partial charge in [-0.25, -0.2) is 0 Å². The lowest BCUT2D eigenvalue weighted by Crippen LogP contribution is -2.16. The molecule has 0 aliphatic carbocycles. The SMILES string of the molecule is Cc1ccccc1CCC(=O)Nc1c(N)c(C)nn1C. The number of nitrogen functional groups attached to an aromatic ring is 1. The lowest BCUT2D eigenvalue weighted by atomic mass is 10.0. The van der Waals surface area contributed by atoms with Gasteiger partial charge in [0.15, 0.2) is 5.82 Å². The van der Waals surface area contributed by atoms with Crippen molar-refractivity contribution < 1.29 is 4.79 Å². The van der Waals surface area contributed by atoms with Gasteiger partial charge in [0, 0.05) is 13.5 Å². The van der Waals surface area contributed by atoms with Gasteiger partial charge in [0.2, 0.25) is 5.91 Å². The van der Waals surface area contributed by atoms with Crippen LogP contribution in [0.3, 0.4) is 0 Å². The molecule has 1 heterocycles. The molecule has 2 aromatic rings. The Morgan fingerprint density at radius 2 is 2.05 bits per heavy atom. The van der Waals surface area contributed by atoms with Gasteiger partial charge in [-0.15, -0.1) is 0 Å². The molecule has 0 fully saturated rings. The Balaban J connectivity index is 1.98. The Morgan fingerprint density at radius 1 is 1.35 bits per heavy atom. The molecule has 1 aromatic heterocycles. The van der Waals surface area contributed by atoms with E-state index in [4.69, 9.17) is 5.73 Å². The van der Waals surface area contributed by atoms with Gasteiger partial charge in [0.05, 0.1) is 11.4 Å². The Hall–Kier alpha value is -2.30. The molecule has 0 radical (unpaired) electrons. The Bertz CT molecular complexity index is 631. The van der Waals surface area contributed by atoms with Crippen LogP contribution in [0.4, 0.5) is 11.5 Å². The van der Waals surface area contributed by atoms with E-state index in [1.54, 1.807) is 11.7 Å². The van der Waals surface area contributed by atoms with Crippen molar-refractivity contribution in [3.63, 3.8) is 0 Å². The summed E-state index contributed by atoms with van der Waals surface area (Å²) in [6.07, 6.45) is 1.14. The average Bonchev–Trinajstić information content (AvgIpc) is 2.64. The first-order valence-electron chi connectivity index (χ1n) is 6.62. The molecule has 0 spiro atoms. The largest absolute Gasteiger partial charge is 0.394 e. The zero-order valence-electron chi connectivity index (χ0n) is 12.1. The van der Waals surface area contributed by atoms with E-state index in [-0.39, 0.29) is 5.91 Å². The second kappa shape index (κ2) is 5.77. The van der Waals surface area contributed by atoms with Gasteiger partial charge in [-0.2, -0.15) is 5.10 Å². The molecule has 0 aliphatic heterocycles. The van der Waals surface area contributed by atoms with E-state index in [0.29, 0.717) is 17.9 Å². The molecule has 1 aromatic carbocycles. The number of aryl methyl sites for hydroxylation is 4. The summed E-state index contributed by atoms with van der Waals surface area (Å²) in [4.78, 5) is 12.0. The molecular weight excluding hydrogens is 252 g/mol. The number of nitrogens with one attached hydrogen (secondary N) is 1. The summed E-state index contributed by atoms with van der Waals surface area (Å²) in [5.74, 6) is 0.514. The lowest BCUT2D eigenvalue weighted by molar-refractivity contribution is -0.116. The summed E-state index contributed by atoms with van der Waals surface area (Å²) >= 11 is 0. The second-order valence-corrected chi connectivity index (χ2v) is 4.95. The van der Waals surface area contributed by atoms with Crippen molar-refractivity contribution in [1.29, 1.82) is 0 Å². The summed E-state index contributed by atoms with van der Waals surface area (Å²) in [5.41, 5.74) is 9.53. The number of carbonyl (C=O) groups is 1. The predicted molar refractivity (Wildman–Crippen MR) is 80.5 cm³/mol. The minimum absolute atomic E-state index is 0.0528. The number of carbonyl (C=O) groups excluding carboxylic acids is 1. The first-order valence-corrected chi connectivity index (χ1v) is 6.62. The highest BCUT2D eigenvalue weighted by atomic mass is 16.1. The smallest absolute Gasteiger partial charge is 0.225 e. The summed E-state index contributed by atoms with van der Waals surface area (Å²) in [6, 6.07) is 8.08. The quantitative estimate of drug-likeness (QED) is 0.896. The maximum Gasteiger partial charge on any atom is 0.225 e. The number of nitrogens with two attached hydrogens (primary N) is 1. The van der Waals surface area contributed by atoms with Crippen LogP contribution in [-0.2, 0) is 18.3 Å². The van der Waals surface area contributed by atoms with Crippen LogP contribution in [0.2, 0.25) is 0 Å². The number of hydrogen-bond acceptors (Lipinski definition) is 3. The van der Waals surface area contributed by atoms with E-state index < -0.39 is 0 Å². The van der Waals surface area contributed by atoms with Crippen molar-refractivity contribution >= 4 is 17.4 Å². The molecule has 0 saturated heterocycles. The molecule has 0 saturated carbocycles. The highest BCUT2D eigenvalue weighted by Crippen LogP contribution is 2.21. The van der Waals surface area contributed by atoms with Gasteiger partial charge in [0.1, 0.15) is 0 Å². The van der Waals surface area contributed by atoms with Gasteiger partial charge >= 0.3 is 0 Å². The summed E-state index contributed by atoms with van der Waals surface area (Å²) in [7, 11) is 1.76. The number of nitrogens with zero attached hydrogens (tertiary/aromatic N) is 2. The van der Waals surface area contributed by atoms with Crippen LogP contribution in [0.25, 0.3) is 0 Å². The van der Waals surface area contributed by atoms with Crippen LogP contribution < -0.4 is 11.1 Å². The third-order valence-electron chi connectivity index (χ3n) is 3.41. The first-order chi connectivity index (χ1) is 9.49. The van der Waals surface area contributed by atoms with Gasteiger partial charge in [-0.05, 0) is 31.4 Å². The van der Waals surface area contributed by atoms with E-state index in [2.05, 4.69) is 23.4 Å². The average molecular weight is 272 g/mol. The Morgan fingerprint density at radius 3 is 2.65 bits per heavy atom. The number of amides is 1. The summed E-state index contributed by atoms with van der Waals surface area (Å²) in [6.45, 7) is 3.87. The molecule has 0 aliphatic rings. The van der Waals surface area contributed by atoms with Crippen LogP contribution >= 0.6 is 0 Å². The van der Waals surface area contributed by atoms with Crippen LogP contribution in [0.1, 0.15) is 23.2 Å². The molecule has 1 amide bonds. The van der Waals surface area contributed by atoms with Crippen LogP contribution in [0.5, 0.6) is 0 Å². The van der Waals surface area contributed by atoms with Crippen LogP contribution in [0.15, 0.2) is 24.3 Å². The molecule has 3 N–H and O–H groups in total. The third kappa shape index (κ3) is 2.99. The summed E-state index contributed by atoms with van der Waals surface area (Å²) in [5, 5.41) is 7.00. The van der Waals surface area contributed by atoms with E-state index in [0.717, 1.165) is 12.1 Å². The molecule has 0 bridgehead atoms. The van der Waals surface area contributed by atoms with Crippen molar-refractivity contribution in [3.8, 4) is 0 Å². The fourth-order valence-corrected chi connectivity index (χ4v) is 2.16. The van der Waals surface area contributed by atoms with E-state index in [1.807, 2.05) is 25.1 Å². The van der Waals surface area contributed by atoms with Crippen molar-refractivity contribution in [1.82, 2.24) is 9.78 Å². The lowest BCUT2D eigenvalue weighted by Gasteiger charge is -2.08. The highest BCUT2D eigenvalue weighted by Gasteiger charge is 2.13. The maximum absolute atomic E-state index is 12.0. The molecule has 20 heavy (non-hydrogen) atoms. The minimum atomic E-state index is -0.0528. The van der Waals surface area contributed by atoms with Crippen LogP contribution in [-0.4, -0.2) is 15.7 Å². The first kappa shape index (κ1) is 14.1. The standard InChI is InChI=1S/C15H20N4O/c1-10-6-4-5-7-12(10)8-9-13(20)17-15-14(16)11(2)18-19(15)3/h4-7H,8-9,16H2,1-3H3,(H,17,20). The van der Waals surface area contributed by atoms with Crippen LogP contribution in [0, 0.1) is 13.8 Å². The fourth-order valence-electron chi connectivity index (χ4n) is 2.16. The van der Waals surface area contributed by atoms with Gasteiger partial charge in [-0.1, -0.05) is 24.3 Å². The maximum atomic E-state index is 12.0. The number of hydrogen-bond donors (Lipinski definition) is 2. The molecule has 106 valence electrons. The van der Waals surface area contributed by atoms with Crippen molar-refractivity contribution in [2.24, 2.45) is 7.05 Å². The zero-order chi connectivity index (χ0) is 14.7. The number of benzene rings is 1.